The second-order valence-corrected chi connectivity index (χ2v) is 10.1. The van der Waals surface area contributed by atoms with Crippen molar-refractivity contribution in [2.45, 2.75) is 53.6 Å². The van der Waals surface area contributed by atoms with Gasteiger partial charge in [-0.2, -0.15) is 0 Å². The summed E-state index contributed by atoms with van der Waals surface area (Å²) in [4.78, 5) is 13.1. The molecule has 154 valence electrons. The molecular formula is C24H31N3O2. The second-order valence-electron chi connectivity index (χ2n) is 10.1. The van der Waals surface area contributed by atoms with Gasteiger partial charge in [-0.05, 0) is 10.8 Å². The van der Waals surface area contributed by atoms with E-state index < -0.39 is 0 Å². The van der Waals surface area contributed by atoms with Crippen molar-refractivity contribution in [2.75, 3.05) is 13.2 Å². The van der Waals surface area contributed by atoms with Crippen LogP contribution >= 0.6 is 0 Å². The minimum absolute atomic E-state index is 0.0912. The lowest BCUT2D eigenvalue weighted by Gasteiger charge is -2.21. The van der Waals surface area contributed by atoms with Crippen molar-refractivity contribution in [3.05, 3.63) is 35.0 Å². The number of rotatable bonds is 2. The normalized spacial score (nSPS) is 23.9. The van der Waals surface area contributed by atoms with Crippen molar-refractivity contribution in [1.29, 1.82) is 0 Å². The number of nitrogens with zero attached hydrogens (tertiary/aromatic N) is 2. The van der Waals surface area contributed by atoms with Crippen LogP contribution in [-0.2, 0) is 9.47 Å². The molecule has 5 heteroatoms. The Morgan fingerprint density at radius 3 is 1.55 bits per heavy atom. The molecule has 0 radical (unpaired) electrons. The third-order valence-electron chi connectivity index (χ3n) is 5.66. The number of aromatic nitrogens is 1. The summed E-state index contributed by atoms with van der Waals surface area (Å²) in [6.45, 7) is 14.4. The Morgan fingerprint density at radius 2 is 1.21 bits per heavy atom. The summed E-state index contributed by atoms with van der Waals surface area (Å²) in [5.74, 6) is 1.37. The molecule has 2 aliphatic heterocycles. The van der Waals surface area contributed by atoms with Crippen LogP contribution in [0.1, 0.15) is 41.5 Å². The van der Waals surface area contributed by atoms with Gasteiger partial charge in [0.05, 0.1) is 22.8 Å². The molecule has 1 aromatic carbocycles. The number of benzene rings is 1. The minimum atomic E-state index is 0.0912. The van der Waals surface area contributed by atoms with Gasteiger partial charge in [-0.15, -0.1) is 0 Å². The highest BCUT2D eigenvalue weighted by Crippen LogP contribution is 2.27. The zero-order valence-electron chi connectivity index (χ0n) is 18.2. The monoisotopic (exact) mass is 393 g/mol. The fourth-order valence-corrected chi connectivity index (χ4v) is 3.54. The molecule has 5 nitrogen and oxygen atoms in total. The van der Waals surface area contributed by atoms with E-state index >= 15 is 0 Å². The standard InChI is InChI=1S/C24H31N3O2/c1-23(2,3)19-13-28-21(26-19)11-17-15-9-7-8-10-16(15)18(25-17)12-22-27-20(14-29-22)24(4,5)6/h7-12,19-20,25H,13-14H2,1-6H3/b17-11-,18-12-/t19-,20-/m0/s1. The zero-order chi connectivity index (χ0) is 20.8. The fourth-order valence-electron chi connectivity index (χ4n) is 3.54. The molecule has 2 atom stereocenters. The van der Waals surface area contributed by atoms with Crippen LogP contribution in [0, 0.1) is 10.8 Å². The number of fused-ring (bicyclic) bond motifs is 1. The van der Waals surface area contributed by atoms with Gasteiger partial charge >= 0.3 is 0 Å². The minimum Gasteiger partial charge on any atom is -0.476 e. The van der Waals surface area contributed by atoms with Gasteiger partial charge in [0, 0.05) is 22.9 Å². The van der Waals surface area contributed by atoms with Gasteiger partial charge in [-0.25, -0.2) is 9.98 Å². The van der Waals surface area contributed by atoms with Crippen LogP contribution in [0.2, 0.25) is 0 Å². The second kappa shape index (κ2) is 7.05. The number of ether oxygens (including phenoxy) is 2. The lowest BCUT2D eigenvalue weighted by molar-refractivity contribution is 0.237. The quantitative estimate of drug-likeness (QED) is 0.850. The van der Waals surface area contributed by atoms with Gasteiger partial charge in [-0.3, -0.25) is 0 Å². The molecule has 1 N–H and O–H groups in total. The topological polar surface area (TPSA) is 59.0 Å². The predicted molar refractivity (Wildman–Crippen MR) is 120 cm³/mol. The molecule has 3 heterocycles. The third kappa shape index (κ3) is 4.09. The largest absolute Gasteiger partial charge is 0.476 e. The van der Waals surface area contributed by atoms with Gasteiger partial charge in [-0.1, -0.05) is 65.8 Å². The first-order valence-electron chi connectivity index (χ1n) is 10.3. The average Bonchev–Trinajstić information content (AvgIpc) is 3.35. The number of aliphatic imine (C=N–C) groups is 2. The van der Waals surface area contributed by atoms with Crippen molar-refractivity contribution >= 4 is 34.7 Å². The van der Waals surface area contributed by atoms with Gasteiger partial charge in [0.25, 0.3) is 0 Å². The van der Waals surface area contributed by atoms with Crippen LogP contribution in [0.4, 0.5) is 0 Å². The van der Waals surface area contributed by atoms with E-state index in [1.807, 2.05) is 24.3 Å². The van der Waals surface area contributed by atoms with Crippen LogP contribution in [-0.4, -0.2) is 42.1 Å². The van der Waals surface area contributed by atoms with Crippen LogP contribution in [0.15, 0.2) is 34.3 Å². The Labute approximate surface area is 172 Å². The highest BCUT2D eigenvalue weighted by atomic mass is 16.5. The Bertz CT molecular complexity index is 1010. The van der Waals surface area contributed by atoms with Gasteiger partial charge in [0.1, 0.15) is 13.2 Å². The number of nitrogens with one attached hydrogen (secondary N) is 1. The molecule has 1 aromatic heterocycles. The first-order valence-corrected chi connectivity index (χ1v) is 10.3. The molecule has 2 aliphatic rings. The lowest BCUT2D eigenvalue weighted by Crippen LogP contribution is -2.25. The summed E-state index contributed by atoms with van der Waals surface area (Å²) in [5.41, 5.74) is 0.182. The summed E-state index contributed by atoms with van der Waals surface area (Å²) in [7, 11) is 0. The molecule has 29 heavy (non-hydrogen) atoms. The molecule has 4 rings (SSSR count). The summed E-state index contributed by atoms with van der Waals surface area (Å²) in [6, 6.07) is 8.67. The molecule has 0 spiro atoms. The van der Waals surface area contributed by atoms with Crippen molar-refractivity contribution in [3.8, 4) is 0 Å². The number of hydrogen-bond acceptors (Lipinski definition) is 4. The SMILES string of the molecule is CC(C)(C)[C@@H]1COC(/C=c2\[nH]/c(=C\C3=N[C@H](C(C)(C)C)CO3)c3ccccc23)=N1. The van der Waals surface area contributed by atoms with E-state index in [1.165, 1.54) is 0 Å². The molecule has 0 amide bonds. The Kier molecular flexibility index (Phi) is 4.80. The average molecular weight is 394 g/mol. The van der Waals surface area contributed by atoms with Gasteiger partial charge in [0.2, 0.25) is 11.8 Å². The van der Waals surface area contributed by atoms with E-state index in [2.05, 4.69) is 58.7 Å². The van der Waals surface area contributed by atoms with E-state index in [4.69, 9.17) is 19.5 Å². The van der Waals surface area contributed by atoms with Crippen molar-refractivity contribution in [3.63, 3.8) is 0 Å². The molecule has 0 saturated heterocycles. The maximum Gasteiger partial charge on any atom is 0.211 e. The van der Waals surface area contributed by atoms with Gasteiger partial charge in [0.15, 0.2) is 0 Å². The molecule has 0 aliphatic carbocycles. The number of aromatic amines is 1. The Morgan fingerprint density at radius 1 is 0.793 bits per heavy atom. The van der Waals surface area contributed by atoms with E-state index in [1.54, 1.807) is 0 Å². The molecule has 0 saturated carbocycles. The van der Waals surface area contributed by atoms with Crippen LogP contribution in [0.25, 0.3) is 22.9 Å². The van der Waals surface area contributed by atoms with Crippen molar-refractivity contribution in [1.82, 2.24) is 4.98 Å². The van der Waals surface area contributed by atoms with E-state index in [0.717, 1.165) is 21.5 Å². The molecule has 2 aromatic rings. The first-order chi connectivity index (χ1) is 13.6. The summed E-state index contributed by atoms with van der Waals surface area (Å²) in [6.07, 6.45) is 4.00. The fraction of sp³-hybridized carbons (Fsp3) is 0.500. The van der Waals surface area contributed by atoms with E-state index in [0.29, 0.717) is 25.0 Å². The zero-order valence-corrected chi connectivity index (χ0v) is 18.2. The smallest absolute Gasteiger partial charge is 0.211 e. The van der Waals surface area contributed by atoms with Crippen molar-refractivity contribution in [2.24, 2.45) is 20.8 Å². The highest BCUT2D eigenvalue weighted by Gasteiger charge is 2.30. The summed E-state index contributed by atoms with van der Waals surface area (Å²) in [5, 5.41) is 4.25. The molecular weight excluding hydrogens is 362 g/mol. The van der Waals surface area contributed by atoms with E-state index in [9.17, 15) is 0 Å². The van der Waals surface area contributed by atoms with Crippen molar-refractivity contribution < 1.29 is 9.47 Å². The summed E-state index contributed by atoms with van der Waals surface area (Å²) >= 11 is 0. The number of hydrogen-bond donors (Lipinski definition) is 1. The van der Waals surface area contributed by atoms with Crippen LogP contribution < -0.4 is 10.7 Å². The third-order valence-corrected chi connectivity index (χ3v) is 5.66. The highest BCUT2D eigenvalue weighted by molar-refractivity contribution is 6.09. The predicted octanol–water partition coefficient (Wildman–Crippen LogP) is 3.42. The Balaban J connectivity index is 1.76. The Hall–Kier alpha value is -2.56. The molecule has 0 unspecified atom stereocenters. The molecule has 0 fully saturated rings. The van der Waals surface area contributed by atoms with Gasteiger partial charge < -0.3 is 14.5 Å². The lowest BCUT2D eigenvalue weighted by atomic mass is 9.88. The summed E-state index contributed by atoms with van der Waals surface area (Å²) < 4.78 is 11.7. The van der Waals surface area contributed by atoms with Crippen LogP contribution in [0.3, 0.4) is 0 Å². The van der Waals surface area contributed by atoms with Crippen LogP contribution in [0.5, 0.6) is 0 Å². The van der Waals surface area contributed by atoms with E-state index in [-0.39, 0.29) is 22.9 Å². The number of H-pyrrole nitrogens is 1. The first kappa shape index (κ1) is 19.7. The maximum atomic E-state index is 5.85. The maximum absolute atomic E-state index is 5.85. The molecule has 0 bridgehead atoms.